The quantitative estimate of drug-likeness (QED) is 0.332. The molecule has 0 unspecified atom stereocenters. The minimum atomic E-state index is -0.635. The van der Waals surface area contributed by atoms with Gasteiger partial charge >= 0.3 is 5.97 Å². The summed E-state index contributed by atoms with van der Waals surface area (Å²) in [4.78, 5) is 52.9. The highest BCUT2D eigenvalue weighted by molar-refractivity contribution is 6.34. The van der Waals surface area contributed by atoms with Crippen LogP contribution in [-0.2, 0) is 9.59 Å². The fraction of sp³-hybridized carbons (Fsp3) is 0.120. The van der Waals surface area contributed by atoms with Crippen molar-refractivity contribution in [2.24, 2.45) is 5.92 Å². The van der Waals surface area contributed by atoms with Crippen molar-refractivity contribution in [1.82, 2.24) is 0 Å². The van der Waals surface area contributed by atoms with Crippen molar-refractivity contribution in [2.45, 2.75) is 6.42 Å². The van der Waals surface area contributed by atoms with Gasteiger partial charge in [0.1, 0.15) is 5.75 Å². The molecule has 0 bridgehead atoms. The summed E-state index contributed by atoms with van der Waals surface area (Å²) in [6.07, 6.45) is 0.0250. The van der Waals surface area contributed by atoms with E-state index in [1.165, 1.54) is 17.0 Å². The third-order valence-electron chi connectivity index (χ3n) is 5.71. The Kier molecular flexibility index (Phi) is 5.18. The number of benzene rings is 3. The Labute approximate surface area is 194 Å². The topological polar surface area (TPSA) is 84.0 Å². The number of ether oxygens (including phenoxy) is 1. The molecule has 0 saturated carbocycles. The van der Waals surface area contributed by atoms with Crippen LogP contribution in [0, 0.1) is 5.92 Å². The summed E-state index contributed by atoms with van der Waals surface area (Å²) in [6, 6.07) is 19.7. The minimum Gasteiger partial charge on any atom is -0.426 e. The van der Waals surface area contributed by atoms with Crippen LogP contribution in [0.5, 0.6) is 5.75 Å². The first-order valence-corrected chi connectivity index (χ1v) is 10.7. The first kappa shape index (κ1) is 20.9. The van der Waals surface area contributed by atoms with Crippen LogP contribution in [0.25, 0.3) is 0 Å². The van der Waals surface area contributed by atoms with E-state index in [4.69, 9.17) is 16.3 Å². The van der Waals surface area contributed by atoms with Crippen LogP contribution in [0.1, 0.15) is 27.1 Å². The van der Waals surface area contributed by atoms with Crippen LogP contribution in [0.15, 0.2) is 72.8 Å². The normalized spacial score (nSPS) is 17.5. The highest BCUT2D eigenvalue weighted by Gasteiger charge is 2.38. The van der Waals surface area contributed by atoms with E-state index in [1.54, 1.807) is 60.7 Å². The number of para-hydroxylation sites is 1. The van der Waals surface area contributed by atoms with E-state index in [1.807, 2.05) is 0 Å². The van der Waals surface area contributed by atoms with Crippen molar-refractivity contribution in [1.29, 1.82) is 0 Å². The number of nitrogens with zero attached hydrogens (tertiary/aromatic N) is 2. The van der Waals surface area contributed by atoms with Gasteiger partial charge in [0.2, 0.25) is 5.91 Å². The van der Waals surface area contributed by atoms with E-state index in [0.717, 1.165) is 4.90 Å². The van der Waals surface area contributed by atoms with E-state index in [9.17, 15) is 19.2 Å². The third-order valence-corrected chi connectivity index (χ3v) is 6.03. The lowest BCUT2D eigenvalue weighted by Crippen LogP contribution is -2.29. The summed E-state index contributed by atoms with van der Waals surface area (Å²) >= 11 is 6.18. The fourth-order valence-corrected chi connectivity index (χ4v) is 4.29. The van der Waals surface area contributed by atoms with E-state index in [0.29, 0.717) is 27.5 Å². The van der Waals surface area contributed by atoms with Gasteiger partial charge in [-0.1, -0.05) is 35.9 Å². The lowest BCUT2D eigenvalue weighted by atomic mass is 10.1. The Morgan fingerprint density at radius 1 is 0.848 bits per heavy atom. The standard InChI is InChI=1S/C25H17ClN2O5/c26-20-7-3-4-8-21(20)27-14-15(13-22(27)29)25(32)33-17-11-9-16(10-12-17)28-23(30)18-5-1-2-6-19(18)24(28)31/h1-12,15H,13-14H2/t15-/m1/s1. The number of anilines is 2. The summed E-state index contributed by atoms with van der Waals surface area (Å²) in [7, 11) is 0. The van der Waals surface area contributed by atoms with Crippen LogP contribution < -0.4 is 14.5 Å². The number of halogens is 1. The number of esters is 1. The highest BCUT2D eigenvalue weighted by atomic mass is 35.5. The second kappa shape index (κ2) is 8.18. The number of carbonyl (C=O) groups is 4. The number of hydrogen-bond donors (Lipinski definition) is 0. The van der Waals surface area contributed by atoms with Crippen LogP contribution in [-0.4, -0.2) is 30.2 Å². The van der Waals surface area contributed by atoms with Crippen LogP contribution in [0.4, 0.5) is 11.4 Å². The molecule has 7 nitrogen and oxygen atoms in total. The van der Waals surface area contributed by atoms with Gasteiger partial charge in [-0.2, -0.15) is 0 Å². The average Bonchev–Trinajstić information content (AvgIpc) is 3.33. The van der Waals surface area contributed by atoms with Crippen molar-refractivity contribution in [3.05, 3.63) is 88.9 Å². The summed E-state index contributed by atoms with van der Waals surface area (Å²) in [6.45, 7) is 0.175. The molecule has 1 saturated heterocycles. The first-order valence-electron chi connectivity index (χ1n) is 10.3. The molecule has 2 heterocycles. The Hall–Kier alpha value is -3.97. The Bertz CT molecular complexity index is 1270. The molecule has 33 heavy (non-hydrogen) atoms. The predicted octanol–water partition coefficient (Wildman–Crippen LogP) is 4.10. The first-order chi connectivity index (χ1) is 15.9. The molecule has 0 spiro atoms. The molecule has 3 amide bonds. The van der Waals surface area contributed by atoms with E-state index in [2.05, 4.69) is 0 Å². The Morgan fingerprint density at radius 3 is 2.09 bits per heavy atom. The number of rotatable bonds is 4. The highest BCUT2D eigenvalue weighted by Crippen LogP contribution is 2.32. The number of carbonyl (C=O) groups excluding carboxylic acids is 4. The molecule has 2 aliphatic rings. The molecule has 3 aromatic rings. The number of amides is 3. The molecule has 5 rings (SSSR count). The molecule has 0 N–H and O–H groups in total. The monoisotopic (exact) mass is 460 g/mol. The average molecular weight is 461 g/mol. The van der Waals surface area contributed by atoms with Crippen molar-refractivity contribution in [3.8, 4) is 5.75 Å². The predicted molar refractivity (Wildman–Crippen MR) is 122 cm³/mol. The molecule has 164 valence electrons. The molecular weight excluding hydrogens is 444 g/mol. The number of imide groups is 1. The van der Waals surface area contributed by atoms with Gasteiger partial charge in [0.15, 0.2) is 0 Å². The van der Waals surface area contributed by atoms with Gasteiger partial charge in [-0.15, -0.1) is 0 Å². The summed E-state index contributed by atoms with van der Waals surface area (Å²) in [5.74, 6) is -1.92. The molecule has 1 atom stereocenters. The van der Waals surface area contributed by atoms with Crippen molar-refractivity contribution >= 4 is 46.7 Å². The maximum Gasteiger partial charge on any atom is 0.316 e. The smallest absolute Gasteiger partial charge is 0.316 e. The van der Waals surface area contributed by atoms with Crippen molar-refractivity contribution in [2.75, 3.05) is 16.3 Å². The van der Waals surface area contributed by atoms with Gasteiger partial charge in [-0.25, -0.2) is 4.90 Å². The van der Waals surface area contributed by atoms with Crippen LogP contribution >= 0.6 is 11.6 Å². The van der Waals surface area contributed by atoms with E-state index in [-0.39, 0.29) is 24.6 Å². The van der Waals surface area contributed by atoms with E-state index >= 15 is 0 Å². The molecule has 3 aromatic carbocycles. The third kappa shape index (κ3) is 3.66. The van der Waals surface area contributed by atoms with Gasteiger partial charge in [0.25, 0.3) is 11.8 Å². The summed E-state index contributed by atoms with van der Waals surface area (Å²) in [5, 5.41) is 0.434. The van der Waals surface area contributed by atoms with Gasteiger partial charge in [0, 0.05) is 13.0 Å². The minimum absolute atomic E-state index is 0.0250. The van der Waals surface area contributed by atoms with Gasteiger partial charge in [-0.3, -0.25) is 19.2 Å². The van der Waals surface area contributed by atoms with Crippen molar-refractivity contribution in [3.63, 3.8) is 0 Å². The van der Waals surface area contributed by atoms with E-state index < -0.39 is 23.7 Å². The molecular formula is C25H17ClN2O5. The largest absolute Gasteiger partial charge is 0.426 e. The van der Waals surface area contributed by atoms with Gasteiger partial charge < -0.3 is 9.64 Å². The second-order valence-electron chi connectivity index (χ2n) is 7.76. The molecule has 0 radical (unpaired) electrons. The number of hydrogen-bond acceptors (Lipinski definition) is 5. The zero-order valence-corrected chi connectivity index (χ0v) is 18.0. The summed E-state index contributed by atoms with van der Waals surface area (Å²) < 4.78 is 5.46. The lowest BCUT2D eigenvalue weighted by Gasteiger charge is -2.18. The van der Waals surface area contributed by atoms with Crippen molar-refractivity contribution < 1.29 is 23.9 Å². The maximum atomic E-state index is 12.7. The Balaban J connectivity index is 1.27. The Morgan fingerprint density at radius 2 is 1.45 bits per heavy atom. The molecule has 8 heteroatoms. The maximum absolute atomic E-state index is 12.7. The summed E-state index contributed by atoms with van der Waals surface area (Å²) in [5.41, 5.74) is 1.64. The van der Waals surface area contributed by atoms with Gasteiger partial charge in [-0.05, 0) is 48.5 Å². The van der Waals surface area contributed by atoms with Crippen LogP contribution in [0.3, 0.4) is 0 Å². The van der Waals surface area contributed by atoms with Crippen LogP contribution in [0.2, 0.25) is 5.02 Å². The zero-order chi connectivity index (χ0) is 23.1. The zero-order valence-electron chi connectivity index (χ0n) is 17.2. The number of fused-ring (bicyclic) bond motifs is 1. The van der Waals surface area contributed by atoms with Gasteiger partial charge in [0.05, 0.1) is 33.4 Å². The molecule has 2 aliphatic heterocycles. The molecule has 1 fully saturated rings. The lowest BCUT2D eigenvalue weighted by molar-refractivity contribution is -0.139. The fourth-order valence-electron chi connectivity index (χ4n) is 4.06. The SMILES string of the molecule is O=C(Oc1ccc(N2C(=O)c3ccccc3C2=O)cc1)[C@@H]1CC(=O)N(c2ccccc2Cl)C1. The second-order valence-corrected chi connectivity index (χ2v) is 8.17. The molecule has 0 aromatic heterocycles. The molecule has 0 aliphatic carbocycles.